The molecule has 4 rings (SSSR count). The van der Waals surface area contributed by atoms with Crippen molar-refractivity contribution in [2.45, 2.75) is 12.2 Å². The average Bonchev–Trinajstić information content (AvgIpc) is 2.77. The normalized spacial score (nSPS) is 11.9. The van der Waals surface area contributed by atoms with E-state index in [4.69, 9.17) is 0 Å². The SMILES string of the molecule is O=c1c(Cc2ccccc2)c(-c2ccc(CS(=O)[O-])cc2)cnn1-c1ccc(F)cc1. The van der Waals surface area contributed by atoms with E-state index in [1.54, 1.807) is 30.5 Å². The Morgan fingerprint density at radius 3 is 2.23 bits per heavy atom. The minimum atomic E-state index is -2.17. The van der Waals surface area contributed by atoms with Crippen LogP contribution in [0.4, 0.5) is 4.39 Å². The lowest BCUT2D eigenvalue weighted by molar-refractivity contribution is 0.536. The second kappa shape index (κ2) is 9.16. The maximum absolute atomic E-state index is 13.4. The van der Waals surface area contributed by atoms with E-state index in [-0.39, 0.29) is 11.3 Å². The quantitative estimate of drug-likeness (QED) is 0.431. The molecule has 0 radical (unpaired) electrons. The van der Waals surface area contributed by atoms with Gasteiger partial charge in [-0.2, -0.15) is 9.78 Å². The van der Waals surface area contributed by atoms with Crippen molar-refractivity contribution in [2.24, 2.45) is 0 Å². The van der Waals surface area contributed by atoms with Crippen LogP contribution in [0, 0.1) is 5.82 Å². The molecule has 0 bridgehead atoms. The number of hydrogen-bond acceptors (Lipinski definition) is 4. The predicted octanol–water partition coefficient (Wildman–Crippen LogP) is 4.01. The Morgan fingerprint density at radius 2 is 1.58 bits per heavy atom. The first-order valence-electron chi connectivity index (χ1n) is 9.57. The molecule has 4 aromatic rings. The first-order chi connectivity index (χ1) is 15.0. The van der Waals surface area contributed by atoms with Crippen LogP contribution in [0.5, 0.6) is 0 Å². The summed E-state index contributed by atoms with van der Waals surface area (Å²) in [4.78, 5) is 13.4. The third-order valence-corrected chi connectivity index (χ3v) is 5.49. The lowest BCUT2D eigenvalue weighted by atomic mass is 9.97. The second-order valence-electron chi connectivity index (χ2n) is 7.04. The fourth-order valence-electron chi connectivity index (χ4n) is 3.39. The van der Waals surface area contributed by atoms with E-state index in [9.17, 15) is 17.9 Å². The molecule has 0 spiro atoms. The molecule has 5 nitrogen and oxygen atoms in total. The molecule has 0 aliphatic heterocycles. The number of benzene rings is 3. The number of hydrogen-bond donors (Lipinski definition) is 0. The fourth-order valence-corrected chi connectivity index (χ4v) is 3.86. The summed E-state index contributed by atoms with van der Waals surface area (Å²) in [5.74, 6) is -0.460. The van der Waals surface area contributed by atoms with Crippen LogP contribution in [0.2, 0.25) is 0 Å². The largest absolute Gasteiger partial charge is 0.772 e. The van der Waals surface area contributed by atoms with E-state index < -0.39 is 16.9 Å². The summed E-state index contributed by atoms with van der Waals surface area (Å²) in [5.41, 5.74) is 3.79. The van der Waals surface area contributed by atoms with Crippen molar-refractivity contribution in [3.05, 3.63) is 118 Å². The van der Waals surface area contributed by atoms with Gasteiger partial charge < -0.3 is 4.55 Å². The number of halogens is 1. The third-order valence-electron chi connectivity index (χ3n) is 4.92. The van der Waals surface area contributed by atoms with Crippen molar-refractivity contribution < 1.29 is 13.2 Å². The first kappa shape index (κ1) is 20.8. The molecular weight excluding hydrogens is 415 g/mol. The Hall–Kier alpha value is -3.42. The summed E-state index contributed by atoms with van der Waals surface area (Å²) >= 11 is -2.17. The van der Waals surface area contributed by atoms with Gasteiger partial charge in [0.1, 0.15) is 5.82 Å². The van der Waals surface area contributed by atoms with Gasteiger partial charge >= 0.3 is 0 Å². The zero-order valence-corrected chi connectivity index (χ0v) is 17.2. The van der Waals surface area contributed by atoms with E-state index in [0.29, 0.717) is 28.8 Å². The molecule has 0 fully saturated rings. The van der Waals surface area contributed by atoms with Crippen LogP contribution < -0.4 is 5.56 Å². The van der Waals surface area contributed by atoms with Crippen molar-refractivity contribution in [1.29, 1.82) is 0 Å². The van der Waals surface area contributed by atoms with Gasteiger partial charge in [0.05, 0.1) is 11.9 Å². The summed E-state index contributed by atoms with van der Waals surface area (Å²) in [6.45, 7) is 0. The van der Waals surface area contributed by atoms with Crippen LogP contribution in [-0.2, 0) is 23.3 Å². The maximum Gasteiger partial charge on any atom is 0.275 e. The highest BCUT2D eigenvalue weighted by Gasteiger charge is 2.15. The Kier molecular flexibility index (Phi) is 6.16. The molecule has 3 aromatic carbocycles. The monoisotopic (exact) mass is 433 g/mol. The van der Waals surface area contributed by atoms with Gasteiger partial charge in [0, 0.05) is 23.3 Å². The summed E-state index contributed by atoms with van der Waals surface area (Å²) in [7, 11) is 0. The number of aromatic nitrogens is 2. The van der Waals surface area contributed by atoms with E-state index in [0.717, 1.165) is 11.1 Å². The smallest absolute Gasteiger partial charge is 0.275 e. The topological polar surface area (TPSA) is 75.0 Å². The van der Waals surface area contributed by atoms with Crippen molar-refractivity contribution in [2.75, 3.05) is 0 Å². The molecule has 1 aromatic heterocycles. The van der Waals surface area contributed by atoms with Gasteiger partial charge in [-0.25, -0.2) is 4.39 Å². The van der Waals surface area contributed by atoms with Crippen LogP contribution >= 0.6 is 0 Å². The van der Waals surface area contributed by atoms with Crippen LogP contribution in [0.3, 0.4) is 0 Å². The molecule has 0 N–H and O–H groups in total. The zero-order chi connectivity index (χ0) is 21.8. The molecule has 0 aliphatic carbocycles. The molecule has 0 aliphatic rings. The molecule has 156 valence electrons. The molecule has 0 amide bonds. The van der Waals surface area contributed by atoms with Crippen LogP contribution in [0.15, 0.2) is 89.9 Å². The molecule has 1 atom stereocenters. The van der Waals surface area contributed by atoms with E-state index in [2.05, 4.69) is 5.10 Å². The second-order valence-corrected chi connectivity index (χ2v) is 7.93. The highest BCUT2D eigenvalue weighted by Crippen LogP contribution is 2.24. The standard InChI is InChI=1S/C24H19FN2O3S/c25-20-10-12-21(13-11-20)27-24(28)22(14-17-4-2-1-3-5-17)23(15-26-27)19-8-6-18(7-9-19)16-31(29)30/h1-13,15H,14,16H2,(H,29,30)/p-1. The molecule has 1 heterocycles. The van der Waals surface area contributed by atoms with Gasteiger partial charge in [0.2, 0.25) is 0 Å². The van der Waals surface area contributed by atoms with Gasteiger partial charge in [-0.1, -0.05) is 65.7 Å². The lowest BCUT2D eigenvalue weighted by Crippen LogP contribution is -2.25. The maximum atomic E-state index is 13.4. The van der Waals surface area contributed by atoms with Crippen LogP contribution in [0.1, 0.15) is 16.7 Å². The van der Waals surface area contributed by atoms with Crippen molar-refractivity contribution in [1.82, 2.24) is 9.78 Å². The molecule has 7 heteroatoms. The summed E-state index contributed by atoms with van der Waals surface area (Å²) < 4.78 is 36.5. The van der Waals surface area contributed by atoms with Crippen molar-refractivity contribution in [3.63, 3.8) is 0 Å². The van der Waals surface area contributed by atoms with E-state index in [1.165, 1.54) is 28.9 Å². The molecule has 31 heavy (non-hydrogen) atoms. The van der Waals surface area contributed by atoms with Gasteiger partial charge in [0.15, 0.2) is 0 Å². The highest BCUT2D eigenvalue weighted by atomic mass is 32.2. The summed E-state index contributed by atoms with van der Waals surface area (Å²) in [5, 5.41) is 4.31. The van der Waals surface area contributed by atoms with E-state index >= 15 is 0 Å². The highest BCUT2D eigenvalue weighted by molar-refractivity contribution is 7.78. The Labute approximate surface area is 181 Å². The van der Waals surface area contributed by atoms with Crippen molar-refractivity contribution in [3.8, 4) is 16.8 Å². The Morgan fingerprint density at radius 1 is 0.903 bits per heavy atom. The lowest BCUT2D eigenvalue weighted by Gasteiger charge is -2.13. The minimum absolute atomic E-state index is 0.0679. The number of nitrogens with zero attached hydrogens (tertiary/aromatic N) is 2. The zero-order valence-electron chi connectivity index (χ0n) is 16.4. The molecule has 1 unspecified atom stereocenters. The predicted molar refractivity (Wildman–Crippen MR) is 117 cm³/mol. The van der Waals surface area contributed by atoms with Gasteiger partial charge in [0.25, 0.3) is 5.56 Å². The first-order valence-corrected chi connectivity index (χ1v) is 10.8. The van der Waals surface area contributed by atoms with Crippen LogP contribution in [-0.4, -0.2) is 18.5 Å². The van der Waals surface area contributed by atoms with Crippen LogP contribution in [0.25, 0.3) is 16.8 Å². The fraction of sp³-hybridized carbons (Fsp3) is 0.0833. The number of rotatable bonds is 6. The summed E-state index contributed by atoms with van der Waals surface area (Å²) in [6, 6.07) is 22.2. The van der Waals surface area contributed by atoms with Gasteiger partial charge in [-0.3, -0.25) is 9.00 Å². The van der Waals surface area contributed by atoms with Crippen molar-refractivity contribution >= 4 is 11.1 Å². The van der Waals surface area contributed by atoms with E-state index in [1.807, 2.05) is 30.3 Å². The molecule has 0 saturated carbocycles. The molecule has 0 saturated heterocycles. The Balaban J connectivity index is 1.82. The Bertz CT molecular complexity index is 1270. The third kappa shape index (κ3) is 4.84. The van der Waals surface area contributed by atoms with Gasteiger partial charge in [-0.15, -0.1) is 0 Å². The summed E-state index contributed by atoms with van der Waals surface area (Å²) in [6.07, 6.45) is 2.01. The van der Waals surface area contributed by atoms with Gasteiger partial charge in [-0.05, 0) is 41.0 Å². The minimum Gasteiger partial charge on any atom is -0.772 e. The molecular formula is C24H18FN2O3S-. The average molecular weight is 433 g/mol.